The van der Waals surface area contributed by atoms with Crippen molar-refractivity contribution in [1.82, 2.24) is 10.6 Å². The number of amides is 2. The zero-order valence-electron chi connectivity index (χ0n) is 16.8. The van der Waals surface area contributed by atoms with Gasteiger partial charge in [0, 0.05) is 16.7 Å². The molecule has 2 aliphatic carbocycles. The van der Waals surface area contributed by atoms with Gasteiger partial charge in [0.15, 0.2) is 0 Å². The third kappa shape index (κ3) is 6.83. The molecule has 30 heavy (non-hydrogen) atoms. The molecule has 2 atom stereocenters. The number of nitrogens with one attached hydrogen (secondary N) is 2. The molecule has 1 aromatic rings. The zero-order chi connectivity index (χ0) is 21.7. The molecule has 6 nitrogen and oxygen atoms in total. The van der Waals surface area contributed by atoms with Crippen molar-refractivity contribution in [1.29, 1.82) is 0 Å². The van der Waals surface area contributed by atoms with E-state index < -0.39 is 35.7 Å². The summed E-state index contributed by atoms with van der Waals surface area (Å²) in [5.41, 5.74) is 0.216. The molecule has 3 rings (SSSR count). The van der Waals surface area contributed by atoms with Crippen LogP contribution in [0.2, 0.25) is 5.02 Å². The molecule has 0 spiro atoms. The highest BCUT2D eigenvalue weighted by molar-refractivity contribution is 6.30. The summed E-state index contributed by atoms with van der Waals surface area (Å²) in [5, 5.41) is 5.69. The minimum atomic E-state index is -0.768. The predicted octanol–water partition coefficient (Wildman–Crippen LogP) is 3.24. The summed E-state index contributed by atoms with van der Waals surface area (Å²) in [5.74, 6) is -1.15. The fourth-order valence-electron chi connectivity index (χ4n) is 3.26. The van der Waals surface area contributed by atoms with Crippen molar-refractivity contribution in [2.75, 3.05) is 7.11 Å². The molecule has 2 N–H and O–H groups in total. The van der Waals surface area contributed by atoms with Gasteiger partial charge in [-0.1, -0.05) is 43.4 Å². The van der Waals surface area contributed by atoms with Crippen LogP contribution in [0.25, 0.3) is 6.08 Å². The van der Waals surface area contributed by atoms with E-state index >= 15 is 0 Å². The van der Waals surface area contributed by atoms with Crippen LogP contribution in [0.15, 0.2) is 24.3 Å². The second-order valence-corrected chi connectivity index (χ2v) is 8.44. The van der Waals surface area contributed by atoms with E-state index in [1.54, 1.807) is 0 Å². The first-order valence-electron chi connectivity index (χ1n) is 10.2. The van der Waals surface area contributed by atoms with E-state index in [0.29, 0.717) is 24.7 Å². The summed E-state index contributed by atoms with van der Waals surface area (Å²) in [6.45, 7) is 0. The Hall–Kier alpha value is -2.41. The minimum Gasteiger partial charge on any atom is -0.467 e. The number of ether oxygens (including phenoxy) is 1. The Morgan fingerprint density at radius 2 is 1.77 bits per heavy atom. The Morgan fingerprint density at radius 1 is 1.13 bits per heavy atom. The van der Waals surface area contributed by atoms with Gasteiger partial charge in [0.25, 0.3) is 0 Å². The van der Waals surface area contributed by atoms with Crippen LogP contribution in [0.1, 0.15) is 44.1 Å². The maximum absolute atomic E-state index is 13.9. The lowest BCUT2D eigenvalue weighted by atomic mass is 10.1. The normalized spacial score (nSPS) is 18.0. The standard InChI is InChI=1S/C22H26ClFN2O4/c1-30-22(29)19(11-14-4-5-14)26-21(28)18(10-13-2-3-13)25-20(27)9-7-15-6-8-16(23)12-17(15)24/h6-9,12-14,18-19H,2-5,10-11H2,1H3,(H,25,27)(H,26,28)/b9-7+/t18-,19-/m0/s1. The second-order valence-electron chi connectivity index (χ2n) is 8.00. The molecule has 0 heterocycles. The molecule has 1 aromatic carbocycles. The number of esters is 1. The van der Waals surface area contributed by atoms with Gasteiger partial charge in [-0.25, -0.2) is 9.18 Å². The highest BCUT2D eigenvalue weighted by atomic mass is 35.5. The number of carbonyl (C=O) groups is 3. The number of methoxy groups -OCH3 is 1. The Morgan fingerprint density at radius 3 is 2.33 bits per heavy atom. The summed E-state index contributed by atoms with van der Waals surface area (Å²) in [7, 11) is 1.29. The second kappa shape index (κ2) is 10.1. The third-order valence-electron chi connectivity index (χ3n) is 5.34. The summed E-state index contributed by atoms with van der Waals surface area (Å²) in [6.07, 6.45) is 7.65. The van der Waals surface area contributed by atoms with Crippen LogP contribution in [0.3, 0.4) is 0 Å². The molecule has 0 saturated heterocycles. The fraction of sp³-hybridized carbons (Fsp3) is 0.500. The SMILES string of the molecule is COC(=O)[C@H](CC1CC1)NC(=O)[C@H](CC1CC1)NC(=O)/C=C/c1ccc(Cl)cc1F. The smallest absolute Gasteiger partial charge is 0.328 e. The summed E-state index contributed by atoms with van der Waals surface area (Å²) < 4.78 is 18.7. The van der Waals surface area contributed by atoms with E-state index in [4.69, 9.17) is 16.3 Å². The van der Waals surface area contributed by atoms with Gasteiger partial charge in [-0.15, -0.1) is 0 Å². The third-order valence-corrected chi connectivity index (χ3v) is 5.58. The van der Waals surface area contributed by atoms with E-state index in [2.05, 4.69) is 10.6 Å². The maximum Gasteiger partial charge on any atom is 0.328 e. The summed E-state index contributed by atoms with van der Waals surface area (Å²) >= 11 is 5.73. The predicted molar refractivity (Wildman–Crippen MR) is 111 cm³/mol. The molecular formula is C22H26ClFN2O4. The van der Waals surface area contributed by atoms with Crippen LogP contribution >= 0.6 is 11.6 Å². The molecule has 0 bridgehead atoms. The van der Waals surface area contributed by atoms with Crippen molar-refractivity contribution in [2.24, 2.45) is 11.8 Å². The van der Waals surface area contributed by atoms with Gasteiger partial charge < -0.3 is 15.4 Å². The molecule has 2 aliphatic rings. The molecular weight excluding hydrogens is 411 g/mol. The van der Waals surface area contributed by atoms with Gasteiger partial charge in [-0.2, -0.15) is 0 Å². The number of halogens is 2. The van der Waals surface area contributed by atoms with Crippen molar-refractivity contribution < 1.29 is 23.5 Å². The Labute approximate surface area is 180 Å². The lowest BCUT2D eigenvalue weighted by molar-refractivity contribution is -0.145. The van der Waals surface area contributed by atoms with E-state index in [1.165, 1.54) is 31.4 Å². The van der Waals surface area contributed by atoms with Gasteiger partial charge in [-0.05, 0) is 42.9 Å². The summed E-state index contributed by atoms with van der Waals surface area (Å²) in [4.78, 5) is 37.2. The van der Waals surface area contributed by atoms with Gasteiger partial charge >= 0.3 is 5.97 Å². The van der Waals surface area contributed by atoms with Crippen molar-refractivity contribution in [3.8, 4) is 0 Å². The van der Waals surface area contributed by atoms with Crippen molar-refractivity contribution in [2.45, 2.75) is 50.6 Å². The van der Waals surface area contributed by atoms with Crippen LogP contribution in [-0.4, -0.2) is 37.0 Å². The molecule has 0 unspecified atom stereocenters. The molecule has 0 radical (unpaired) electrons. The summed E-state index contributed by atoms with van der Waals surface area (Å²) in [6, 6.07) is 2.67. The van der Waals surface area contributed by atoms with Crippen molar-refractivity contribution >= 4 is 35.5 Å². The maximum atomic E-state index is 13.9. The van der Waals surface area contributed by atoms with Gasteiger partial charge in [0.1, 0.15) is 17.9 Å². The van der Waals surface area contributed by atoms with Gasteiger partial charge in [0.2, 0.25) is 11.8 Å². The van der Waals surface area contributed by atoms with Crippen LogP contribution in [0, 0.1) is 17.7 Å². The van der Waals surface area contributed by atoms with Crippen LogP contribution in [0.4, 0.5) is 4.39 Å². The average Bonchev–Trinajstić information content (AvgIpc) is 3.62. The fourth-order valence-corrected chi connectivity index (χ4v) is 3.41. The van der Waals surface area contributed by atoms with Crippen molar-refractivity contribution in [3.63, 3.8) is 0 Å². The van der Waals surface area contributed by atoms with Crippen LogP contribution < -0.4 is 10.6 Å². The van der Waals surface area contributed by atoms with Crippen LogP contribution in [0.5, 0.6) is 0 Å². The molecule has 8 heteroatoms. The van der Waals surface area contributed by atoms with E-state index in [9.17, 15) is 18.8 Å². The zero-order valence-corrected chi connectivity index (χ0v) is 17.6. The van der Waals surface area contributed by atoms with E-state index in [0.717, 1.165) is 31.7 Å². The topological polar surface area (TPSA) is 84.5 Å². The quantitative estimate of drug-likeness (QED) is 0.435. The molecule has 0 aromatic heterocycles. The molecule has 0 aliphatic heterocycles. The van der Waals surface area contributed by atoms with Gasteiger partial charge in [0.05, 0.1) is 7.11 Å². The van der Waals surface area contributed by atoms with Crippen LogP contribution in [-0.2, 0) is 19.1 Å². The first kappa shape index (κ1) is 22.3. The number of carbonyl (C=O) groups excluding carboxylic acids is 3. The monoisotopic (exact) mass is 436 g/mol. The Kier molecular flexibility index (Phi) is 7.48. The first-order chi connectivity index (χ1) is 14.4. The number of rotatable bonds is 10. The highest BCUT2D eigenvalue weighted by Crippen LogP contribution is 2.35. The largest absolute Gasteiger partial charge is 0.467 e. The van der Waals surface area contributed by atoms with Gasteiger partial charge in [-0.3, -0.25) is 9.59 Å². The van der Waals surface area contributed by atoms with E-state index in [-0.39, 0.29) is 10.6 Å². The number of benzene rings is 1. The highest BCUT2D eigenvalue weighted by Gasteiger charge is 2.35. The molecule has 2 fully saturated rings. The molecule has 2 saturated carbocycles. The lowest BCUT2D eigenvalue weighted by Gasteiger charge is -2.22. The lowest BCUT2D eigenvalue weighted by Crippen LogP contribution is -2.52. The first-order valence-corrected chi connectivity index (χ1v) is 10.6. The molecule has 2 amide bonds. The number of hydrogen-bond donors (Lipinski definition) is 2. The van der Waals surface area contributed by atoms with Crippen molar-refractivity contribution in [3.05, 3.63) is 40.7 Å². The average molecular weight is 437 g/mol. The Bertz CT molecular complexity index is 836. The minimum absolute atomic E-state index is 0.216. The molecule has 162 valence electrons. The van der Waals surface area contributed by atoms with E-state index in [1.807, 2.05) is 0 Å². The Balaban J connectivity index is 1.62. The number of hydrogen-bond acceptors (Lipinski definition) is 4.